The maximum Gasteiger partial charge on any atom is 0.246 e. The van der Waals surface area contributed by atoms with E-state index in [1.54, 1.807) is 9.80 Å². The van der Waals surface area contributed by atoms with Crippen LogP contribution in [-0.4, -0.2) is 60.0 Å². The summed E-state index contributed by atoms with van der Waals surface area (Å²) in [5.74, 6) is 0.286. The Labute approximate surface area is 121 Å². The summed E-state index contributed by atoms with van der Waals surface area (Å²) < 4.78 is 5.46. The molecule has 114 valence electrons. The van der Waals surface area contributed by atoms with Gasteiger partial charge in [0.25, 0.3) is 0 Å². The first-order valence-corrected chi connectivity index (χ1v) is 7.89. The molecule has 0 aromatic carbocycles. The zero-order chi connectivity index (χ0) is 14.5. The van der Waals surface area contributed by atoms with E-state index < -0.39 is 0 Å². The average Bonchev–Trinajstić information content (AvgIpc) is 2.93. The van der Waals surface area contributed by atoms with E-state index in [4.69, 9.17) is 4.74 Å². The predicted molar refractivity (Wildman–Crippen MR) is 76.3 cm³/mol. The molecule has 0 spiro atoms. The second-order valence-electron chi connectivity index (χ2n) is 5.61. The average molecular weight is 282 g/mol. The number of carbonyl (C=O) groups is 2. The van der Waals surface area contributed by atoms with Gasteiger partial charge in [-0.2, -0.15) is 0 Å². The summed E-state index contributed by atoms with van der Waals surface area (Å²) in [6, 6.07) is -0.454. The Kier molecular flexibility index (Phi) is 5.40. The van der Waals surface area contributed by atoms with Gasteiger partial charge in [-0.15, -0.1) is 0 Å². The van der Waals surface area contributed by atoms with Gasteiger partial charge < -0.3 is 14.5 Å². The highest BCUT2D eigenvalue weighted by molar-refractivity contribution is 5.97. The summed E-state index contributed by atoms with van der Waals surface area (Å²) >= 11 is 0. The summed E-state index contributed by atoms with van der Waals surface area (Å²) in [6.45, 7) is 6.87. The van der Waals surface area contributed by atoms with Crippen molar-refractivity contribution in [2.75, 3.05) is 26.3 Å². The lowest BCUT2D eigenvalue weighted by atomic mass is 10.0. The third kappa shape index (κ3) is 2.97. The first kappa shape index (κ1) is 15.3. The van der Waals surface area contributed by atoms with Gasteiger partial charge in [0, 0.05) is 26.3 Å². The molecule has 2 heterocycles. The summed E-state index contributed by atoms with van der Waals surface area (Å²) in [7, 11) is 0. The lowest BCUT2D eigenvalue weighted by Crippen LogP contribution is -2.62. The van der Waals surface area contributed by atoms with Gasteiger partial charge in [0.05, 0.1) is 0 Å². The number of piperazine rings is 1. The highest BCUT2D eigenvalue weighted by Crippen LogP contribution is 2.28. The van der Waals surface area contributed by atoms with E-state index in [1.807, 2.05) is 6.92 Å². The highest BCUT2D eigenvalue weighted by atomic mass is 16.5. The van der Waals surface area contributed by atoms with E-state index in [0.29, 0.717) is 19.6 Å². The Bertz CT molecular complexity index is 359. The summed E-state index contributed by atoms with van der Waals surface area (Å²) in [5.41, 5.74) is 0. The second-order valence-corrected chi connectivity index (χ2v) is 5.61. The van der Waals surface area contributed by atoms with Crippen LogP contribution in [0.5, 0.6) is 0 Å². The minimum absolute atomic E-state index is 0.143. The van der Waals surface area contributed by atoms with Gasteiger partial charge in [-0.1, -0.05) is 13.8 Å². The number of carbonyl (C=O) groups excluding carboxylic acids is 2. The first-order chi connectivity index (χ1) is 9.70. The Morgan fingerprint density at radius 2 is 2.00 bits per heavy atom. The van der Waals surface area contributed by atoms with Crippen molar-refractivity contribution in [3.8, 4) is 0 Å². The van der Waals surface area contributed by atoms with Crippen LogP contribution < -0.4 is 0 Å². The van der Waals surface area contributed by atoms with Gasteiger partial charge in [-0.05, 0) is 32.1 Å². The molecule has 2 atom stereocenters. The lowest BCUT2D eigenvalue weighted by molar-refractivity contribution is -0.159. The van der Waals surface area contributed by atoms with Gasteiger partial charge in [-0.25, -0.2) is 0 Å². The number of hydrogen-bond donors (Lipinski definition) is 0. The summed E-state index contributed by atoms with van der Waals surface area (Å²) in [5, 5.41) is 0. The molecule has 2 fully saturated rings. The number of nitrogens with zero attached hydrogens (tertiary/aromatic N) is 2. The molecular formula is C15H26N2O3. The van der Waals surface area contributed by atoms with Crippen molar-refractivity contribution < 1.29 is 14.3 Å². The molecule has 5 nitrogen and oxygen atoms in total. The molecule has 2 amide bonds. The summed E-state index contributed by atoms with van der Waals surface area (Å²) in [6.07, 6.45) is 4.29. The van der Waals surface area contributed by atoms with Crippen LogP contribution >= 0.6 is 0 Å². The van der Waals surface area contributed by atoms with E-state index >= 15 is 0 Å². The van der Waals surface area contributed by atoms with Crippen molar-refractivity contribution in [1.82, 2.24) is 9.80 Å². The molecule has 0 radical (unpaired) electrons. The van der Waals surface area contributed by atoms with Crippen LogP contribution in [0.1, 0.15) is 46.0 Å². The van der Waals surface area contributed by atoms with Crippen LogP contribution in [-0.2, 0) is 14.3 Å². The Hall–Kier alpha value is -1.10. The number of amides is 2. The Morgan fingerprint density at radius 1 is 1.20 bits per heavy atom. The second kappa shape index (κ2) is 7.07. The van der Waals surface area contributed by atoms with E-state index in [1.165, 1.54) is 0 Å². The van der Waals surface area contributed by atoms with Crippen molar-refractivity contribution in [2.24, 2.45) is 0 Å². The maximum absolute atomic E-state index is 12.5. The van der Waals surface area contributed by atoms with Crippen molar-refractivity contribution in [3.05, 3.63) is 0 Å². The largest absolute Gasteiger partial charge is 0.381 e. The molecule has 20 heavy (non-hydrogen) atoms. The van der Waals surface area contributed by atoms with Crippen LogP contribution in [0, 0.1) is 0 Å². The molecule has 0 aromatic rings. The van der Waals surface area contributed by atoms with E-state index in [9.17, 15) is 9.59 Å². The molecule has 0 N–H and O–H groups in total. The molecule has 0 aromatic heterocycles. The van der Waals surface area contributed by atoms with Gasteiger partial charge in [0.2, 0.25) is 11.8 Å². The Balaban J connectivity index is 1.94. The smallest absolute Gasteiger partial charge is 0.246 e. The molecule has 0 aliphatic carbocycles. The molecule has 2 rings (SSSR count). The van der Waals surface area contributed by atoms with Crippen LogP contribution in [0.2, 0.25) is 0 Å². The molecule has 2 aliphatic rings. The predicted octanol–water partition coefficient (Wildman–Crippen LogP) is 1.41. The van der Waals surface area contributed by atoms with Crippen LogP contribution in [0.3, 0.4) is 0 Å². The number of hydrogen-bond acceptors (Lipinski definition) is 3. The fraction of sp³-hybridized carbons (Fsp3) is 0.867. The molecule has 2 unspecified atom stereocenters. The standard InChI is InChI=1S/C15H26N2O3/c1-3-10-20-11-6-9-16-12(4-2)14(18)17-8-5-7-13(17)15(16)19/h12-13H,3-11H2,1-2H3. The number of fused-ring (bicyclic) bond motifs is 1. The number of ether oxygens (including phenoxy) is 1. The molecule has 2 aliphatic heterocycles. The zero-order valence-corrected chi connectivity index (χ0v) is 12.6. The van der Waals surface area contributed by atoms with Gasteiger partial charge in [-0.3, -0.25) is 9.59 Å². The normalized spacial score (nSPS) is 26.3. The molecular weight excluding hydrogens is 256 g/mol. The fourth-order valence-corrected chi connectivity index (χ4v) is 3.20. The third-order valence-corrected chi connectivity index (χ3v) is 4.19. The van der Waals surface area contributed by atoms with Gasteiger partial charge in [0.1, 0.15) is 12.1 Å². The van der Waals surface area contributed by atoms with Crippen LogP contribution in [0.4, 0.5) is 0 Å². The van der Waals surface area contributed by atoms with Crippen molar-refractivity contribution in [2.45, 2.75) is 58.0 Å². The lowest BCUT2D eigenvalue weighted by Gasteiger charge is -2.42. The van der Waals surface area contributed by atoms with Crippen molar-refractivity contribution in [1.29, 1.82) is 0 Å². The quantitative estimate of drug-likeness (QED) is 0.664. The topological polar surface area (TPSA) is 49.9 Å². The highest BCUT2D eigenvalue weighted by Gasteiger charge is 2.46. The van der Waals surface area contributed by atoms with Crippen LogP contribution in [0.25, 0.3) is 0 Å². The number of rotatable bonds is 7. The molecule has 5 heteroatoms. The monoisotopic (exact) mass is 282 g/mol. The van der Waals surface area contributed by atoms with Crippen molar-refractivity contribution >= 4 is 11.8 Å². The third-order valence-electron chi connectivity index (χ3n) is 4.19. The minimum atomic E-state index is -0.261. The maximum atomic E-state index is 12.5. The van der Waals surface area contributed by atoms with Gasteiger partial charge >= 0.3 is 0 Å². The SMILES string of the molecule is CCCOCCCN1C(=O)C2CCCN2C(=O)C1CC. The summed E-state index contributed by atoms with van der Waals surface area (Å²) in [4.78, 5) is 28.6. The van der Waals surface area contributed by atoms with E-state index in [2.05, 4.69) is 6.92 Å². The fourth-order valence-electron chi connectivity index (χ4n) is 3.20. The van der Waals surface area contributed by atoms with E-state index in [0.717, 1.165) is 38.8 Å². The zero-order valence-electron chi connectivity index (χ0n) is 12.6. The molecule has 0 saturated carbocycles. The van der Waals surface area contributed by atoms with E-state index in [-0.39, 0.29) is 23.9 Å². The molecule has 2 saturated heterocycles. The van der Waals surface area contributed by atoms with Crippen LogP contribution in [0.15, 0.2) is 0 Å². The van der Waals surface area contributed by atoms with Crippen molar-refractivity contribution in [3.63, 3.8) is 0 Å². The molecule has 0 bridgehead atoms. The first-order valence-electron chi connectivity index (χ1n) is 7.89. The Morgan fingerprint density at radius 3 is 2.70 bits per heavy atom. The minimum Gasteiger partial charge on any atom is -0.381 e. The van der Waals surface area contributed by atoms with Gasteiger partial charge in [0.15, 0.2) is 0 Å².